The normalized spacial score (nSPS) is 24.3. The molecule has 18 heavy (non-hydrogen) atoms. The fourth-order valence-corrected chi connectivity index (χ4v) is 3.86. The molecule has 1 aromatic carbocycles. The lowest BCUT2D eigenvalue weighted by atomic mass is 9.52. The van der Waals surface area contributed by atoms with Gasteiger partial charge in [0.25, 0.3) is 0 Å². The van der Waals surface area contributed by atoms with Gasteiger partial charge in [0.1, 0.15) is 5.75 Å². The van der Waals surface area contributed by atoms with Gasteiger partial charge in [0.2, 0.25) is 0 Å². The predicted octanol–water partition coefficient (Wildman–Crippen LogP) is 2.85. The summed E-state index contributed by atoms with van der Waals surface area (Å²) in [6.45, 7) is 0. The second kappa shape index (κ2) is 4.01. The van der Waals surface area contributed by atoms with Crippen molar-refractivity contribution in [1.82, 2.24) is 0 Å². The number of benzene rings is 1. The van der Waals surface area contributed by atoms with E-state index in [9.17, 15) is 9.90 Å². The molecule has 3 nitrogen and oxygen atoms in total. The Hall–Kier alpha value is -1.51. The maximum atomic E-state index is 11.0. The van der Waals surface area contributed by atoms with Gasteiger partial charge in [-0.1, -0.05) is 18.6 Å². The standard InChI is InChI=1S/C15H18O3/c16-13-4-1-3-12-11(13)6-5-10(9-14(17)18)15(12)7-2-8-15/h1,3-4,10,16H,2,5-9H2,(H,17,18). The molecule has 3 rings (SSSR count). The Balaban J connectivity index is 2.03. The van der Waals surface area contributed by atoms with E-state index >= 15 is 0 Å². The summed E-state index contributed by atoms with van der Waals surface area (Å²) in [6.07, 6.45) is 5.27. The van der Waals surface area contributed by atoms with Crippen LogP contribution >= 0.6 is 0 Å². The summed E-state index contributed by atoms with van der Waals surface area (Å²) in [5.74, 6) is -0.0829. The van der Waals surface area contributed by atoms with Crippen LogP contribution in [0, 0.1) is 5.92 Å². The molecule has 2 aliphatic carbocycles. The third-order valence-corrected chi connectivity index (χ3v) is 4.88. The Morgan fingerprint density at radius 1 is 1.39 bits per heavy atom. The van der Waals surface area contributed by atoms with E-state index in [1.807, 2.05) is 6.07 Å². The van der Waals surface area contributed by atoms with Gasteiger partial charge in [-0.2, -0.15) is 0 Å². The zero-order valence-corrected chi connectivity index (χ0v) is 10.4. The van der Waals surface area contributed by atoms with E-state index in [-0.39, 0.29) is 17.8 Å². The van der Waals surface area contributed by atoms with Gasteiger partial charge in [0.15, 0.2) is 0 Å². The zero-order valence-electron chi connectivity index (χ0n) is 10.4. The molecule has 1 atom stereocenters. The summed E-state index contributed by atoms with van der Waals surface area (Å²) in [4.78, 5) is 11.0. The molecular formula is C15H18O3. The smallest absolute Gasteiger partial charge is 0.303 e. The number of phenolic OH excluding ortho intramolecular Hbond substituents is 1. The van der Waals surface area contributed by atoms with Crippen LogP contribution < -0.4 is 0 Å². The molecule has 0 aliphatic heterocycles. The molecule has 2 N–H and O–H groups in total. The van der Waals surface area contributed by atoms with Crippen LogP contribution in [0.15, 0.2) is 18.2 Å². The Bertz CT molecular complexity index is 489. The number of rotatable bonds is 2. The third-order valence-electron chi connectivity index (χ3n) is 4.88. The first kappa shape index (κ1) is 11.6. The number of carboxylic acids is 1. The SMILES string of the molecule is O=C(O)CC1CCc2c(O)cccc2C12CCC2. The Morgan fingerprint density at radius 2 is 2.17 bits per heavy atom. The average molecular weight is 246 g/mol. The maximum Gasteiger partial charge on any atom is 0.303 e. The van der Waals surface area contributed by atoms with Gasteiger partial charge in [0, 0.05) is 6.42 Å². The van der Waals surface area contributed by atoms with Crippen molar-refractivity contribution in [3.05, 3.63) is 29.3 Å². The molecule has 1 saturated carbocycles. The molecule has 1 spiro atoms. The Kier molecular flexibility index (Phi) is 2.58. The minimum absolute atomic E-state index is 0.0325. The highest BCUT2D eigenvalue weighted by atomic mass is 16.4. The summed E-state index contributed by atoms with van der Waals surface area (Å²) >= 11 is 0. The van der Waals surface area contributed by atoms with Crippen molar-refractivity contribution in [3.8, 4) is 5.75 Å². The molecular weight excluding hydrogens is 228 g/mol. The molecule has 1 aromatic rings. The van der Waals surface area contributed by atoms with Crippen LogP contribution in [0.1, 0.15) is 43.2 Å². The Morgan fingerprint density at radius 3 is 2.78 bits per heavy atom. The number of aromatic hydroxyl groups is 1. The zero-order chi connectivity index (χ0) is 12.8. The fourth-order valence-electron chi connectivity index (χ4n) is 3.86. The van der Waals surface area contributed by atoms with Crippen LogP contribution in [0.3, 0.4) is 0 Å². The Labute approximate surface area is 106 Å². The fraction of sp³-hybridized carbons (Fsp3) is 0.533. The number of hydrogen-bond donors (Lipinski definition) is 2. The molecule has 0 bridgehead atoms. The summed E-state index contributed by atoms with van der Waals surface area (Å²) < 4.78 is 0. The van der Waals surface area contributed by atoms with Crippen molar-refractivity contribution < 1.29 is 15.0 Å². The first-order valence-electron chi connectivity index (χ1n) is 6.66. The highest BCUT2D eigenvalue weighted by molar-refractivity contribution is 5.67. The van der Waals surface area contributed by atoms with E-state index in [0.717, 1.165) is 31.2 Å². The minimum atomic E-state index is -0.699. The van der Waals surface area contributed by atoms with Crippen molar-refractivity contribution in [1.29, 1.82) is 0 Å². The van der Waals surface area contributed by atoms with E-state index in [2.05, 4.69) is 6.07 Å². The first-order chi connectivity index (χ1) is 8.63. The molecule has 96 valence electrons. The molecule has 0 amide bonds. The topological polar surface area (TPSA) is 57.5 Å². The lowest BCUT2D eigenvalue weighted by molar-refractivity contribution is -0.139. The van der Waals surface area contributed by atoms with Gasteiger partial charge in [-0.05, 0) is 54.2 Å². The van der Waals surface area contributed by atoms with E-state index < -0.39 is 5.97 Å². The van der Waals surface area contributed by atoms with Crippen molar-refractivity contribution in [2.45, 2.75) is 43.9 Å². The molecule has 1 fully saturated rings. The molecule has 1 unspecified atom stereocenters. The summed E-state index contributed by atoms with van der Waals surface area (Å²) in [5, 5.41) is 19.0. The molecule has 0 saturated heterocycles. The summed E-state index contributed by atoms with van der Waals surface area (Å²) in [7, 11) is 0. The van der Waals surface area contributed by atoms with E-state index in [4.69, 9.17) is 5.11 Å². The maximum absolute atomic E-state index is 11.0. The van der Waals surface area contributed by atoms with Crippen LogP contribution in [0.4, 0.5) is 0 Å². The predicted molar refractivity (Wildman–Crippen MR) is 67.7 cm³/mol. The molecule has 2 aliphatic rings. The van der Waals surface area contributed by atoms with Crippen molar-refractivity contribution in [2.24, 2.45) is 5.92 Å². The van der Waals surface area contributed by atoms with E-state index in [0.29, 0.717) is 5.75 Å². The third kappa shape index (κ3) is 1.53. The monoisotopic (exact) mass is 246 g/mol. The van der Waals surface area contributed by atoms with E-state index in [1.165, 1.54) is 12.0 Å². The largest absolute Gasteiger partial charge is 0.508 e. The van der Waals surface area contributed by atoms with E-state index in [1.54, 1.807) is 6.07 Å². The second-order valence-electron chi connectivity index (χ2n) is 5.65. The summed E-state index contributed by atoms with van der Waals surface area (Å²) in [6, 6.07) is 5.71. The highest BCUT2D eigenvalue weighted by Crippen LogP contribution is 2.56. The molecule has 3 heteroatoms. The lowest BCUT2D eigenvalue weighted by Gasteiger charge is -2.51. The van der Waals surface area contributed by atoms with Gasteiger partial charge < -0.3 is 10.2 Å². The van der Waals surface area contributed by atoms with Crippen molar-refractivity contribution in [3.63, 3.8) is 0 Å². The lowest BCUT2D eigenvalue weighted by Crippen LogP contribution is -2.46. The van der Waals surface area contributed by atoms with Gasteiger partial charge in [0.05, 0.1) is 0 Å². The van der Waals surface area contributed by atoms with Gasteiger partial charge in [-0.3, -0.25) is 4.79 Å². The van der Waals surface area contributed by atoms with Crippen LogP contribution in [0.25, 0.3) is 0 Å². The van der Waals surface area contributed by atoms with Crippen LogP contribution in [0.2, 0.25) is 0 Å². The van der Waals surface area contributed by atoms with Crippen molar-refractivity contribution >= 4 is 5.97 Å². The van der Waals surface area contributed by atoms with Gasteiger partial charge in [-0.25, -0.2) is 0 Å². The second-order valence-corrected chi connectivity index (χ2v) is 5.65. The van der Waals surface area contributed by atoms with Crippen LogP contribution in [-0.2, 0) is 16.6 Å². The van der Waals surface area contributed by atoms with Crippen LogP contribution in [0.5, 0.6) is 5.75 Å². The van der Waals surface area contributed by atoms with Gasteiger partial charge >= 0.3 is 5.97 Å². The molecule has 0 aromatic heterocycles. The minimum Gasteiger partial charge on any atom is -0.508 e. The first-order valence-corrected chi connectivity index (χ1v) is 6.66. The number of carbonyl (C=O) groups is 1. The number of phenols is 1. The quantitative estimate of drug-likeness (QED) is 0.843. The molecule has 0 radical (unpaired) electrons. The molecule has 0 heterocycles. The van der Waals surface area contributed by atoms with Gasteiger partial charge in [-0.15, -0.1) is 0 Å². The van der Waals surface area contributed by atoms with Crippen molar-refractivity contribution in [2.75, 3.05) is 0 Å². The number of carboxylic acid groups (broad SMARTS) is 1. The number of aliphatic carboxylic acids is 1. The van der Waals surface area contributed by atoms with Crippen LogP contribution in [-0.4, -0.2) is 16.2 Å². The highest BCUT2D eigenvalue weighted by Gasteiger charge is 2.49. The summed E-state index contributed by atoms with van der Waals surface area (Å²) in [5.41, 5.74) is 2.30. The number of hydrogen-bond acceptors (Lipinski definition) is 2. The number of fused-ring (bicyclic) bond motifs is 2. The average Bonchev–Trinajstić information content (AvgIpc) is 2.26.